The summed E-state index contributed by atoms with van der Waals surface area (Å²) in [5, 5.41) is 0.694. The fourth-order valence-electron chi connectivity index (χ4n) is 2.22. The molecule has 3 rings (SSSR count). The summed E-state index contributed by atoms with van der Waals surface area (Å²) in [7, 11) is 0. The third-order valence-electron chi connectivity index (χ3n) is 3.22. The van der Waals surface area contributed by atoms with E-state index in [4.69, 9.17) is 5.73 Å². The van der Waals surface area contributed by atoms with Gasteiger partial charge in [-0.25, -0.2) is 4.98 Å². The molecule has 2 aliphatic rings. The third-order valence-corrected chi connectivity index (χ3v) is 4.04. The van der Waals surface area contributed by atoms with Gasteiger partial charge in [0.05, 0.1) is 0 Å². The van der Waals surface area contributed by atoms with Crippen molar-refractivity contribution in [1.29, 1.82) is 0 Å². The summed E-state index contributed by atoms with van der Waals surface area (Å²) >= 11 is 1.62. The summed E-state index contributed by atoms with van der Waals surface area (Å²) < 4.78 is 0. The van der Waals surface area contributed by atoms with E-state index in [1.165, 1.54) is 30.8 Å². The summed E-state index contributed by atoms with van der Waals surface area (Å²) in [5.41, 5.74) is 5.59. The molecule has 1 saturated carbocycles. The molecule has 2 fully saturated rings. The molecule has 2 N–H and O–H groups in total. The number of nitrogen functional groups attached to an aromatic ring is 1. The second-order valence-electron chi connectivity index (χ2n) is 4.46. The Morgan fingerprint density at radius 1 is 1.43 bits per heavy atom. The largest absolute Gasteiger partial charge is 0.375 e. The van der Waals surface area contributed by atoms with E-state index < -0.39 is 0 Å². The average molecular weight is 209 g/mol. The number of anilines is 1. The molecule has 0 atom stereocenters. The van der Waals surface area contributed by atoms with Crippen molar-refractivity contribution in [2.75, 3.05) is 18.8 Å². The van der Waals surface area contributed by atoms with Gasteiger partial charge in [-0.2, -0.15) is 0 Å². The monoisotopic (exact) mass is 209 g/mol. The molecule has 14 heavy (non-hydrogen) atoms. The molecule has 1 aromatic heterocycles. The summed E-state index contributed by atoms with van der Waals surface area (Å²) in [6.45, 7) is 3.64. The highest BCUT2D eigenvalue weighted by Crippen LogP contribution is 2.41. The van der Waals surface area contributed by atoms with Crippen molar-refractivity contribution in [1.82, 2.24) is 9.88 Å². The van der Waals surface area contributed by atoms with E-state index in [9.17, 15) is 0 Å². The topological polar surface area (TPSA) is 42.1 Å². The quantitative estimate of drug-likeness (QED) is 0.821. The summed E-state index contributed by atoms with van der Waals surface area (Å²) in [6.07, 6.45) is 4.86. The number of hydrogen-bond acceptors (Lipinski definition) is 4. The van der Waals surface area contributed by atoms with Crippen molar-refractivity contribution >= 4 is 16.5 Å². The van der Waals surface area contributed by atoms with Gasteiger partial charge in [-0.15, -0.1) is 11.3 Å². The van der Waals surface area contributed by atoms with E-state index in [1.54, 1.807) is 11.3 Å². The molecule has 0 aromatic carbocycles. The van der Waals surface area contributed by atoms with Gasteiger partial charge in [0.2, 0.25) is 0 Å². The van der Waals surface area contributed by atoms with Crippen molar-refractivity contribution in [3.05, 3.63) is 11.1 Å². The molecule has 0 amide bonds. The maximum Gasteiger partial charge on any atom is 0.180 e. The molecule has 1 aliphatic carbocycles. The Labute approximate surface area is 87.9 Å². The molecule has 76 valence electrons. The minimum atomic E-state index is 0.694. The lowest BCUT2D eigenvalue weighted by Gasteiger charge is -2.39. The number of aromatic nitrogens is 1. The lowest BCUT2D eigenvalue weighted by Crippen LogP contribution is -2.46. The molecule has 4 heteroatoms. The third kappa shape index (κ3) is 1.64. The van der Waals surface area contributed by atoms with Crippen molar-refractivity contribution < 1.29 is 0 Å². The van der Waals surface area contributed by atoms with Crippen LogP contribution in [0, 0.1) is 11.8 Å². The zero-order valence-corrected chi connectivity index (χ0v) is 8.96. The summed E-state index contributed by atoms with van der Waals surface area (Å²) in [5.74, 6) is 2.07. The molecule has 1 aromatic rings. The first-order chi connectivity index (χ1) is 6.81. The predicted octanol–water partition coefficient (Wildman–Crippen LogP) is 1.57. The van der Waals surface area contributed by atoms with Crippen LogP contribution < -0.4 is 5.73 Å². The van der Waals surface area contributed by atoms with E-state index in [-0.39, 0.29) is 0 Å². The van der Waals surface area contributed by atoms with Gasteiger partial charge in [0, 0.05) is 30.7 Å². The number of thiazole rings is 1. The van der Waals surface area contributed by atoms with Crippen LogP contribution >= 0.6 is 11.3 Å². The van der Waals surface area contributed by atoms with Crippen molar-refractivity contribution in [3.8, 4) is 0 Å². The minimum absolute atomic E-state index is 0.694. The van der Waals surface area contributed by atoms with Gasteiger partial charge in [-0.3, -0.25) is 4.90 Å². The van der Waals surface area contributed by atoms with Crippen LogP contribution in [0.3, 0.4) is 0 Å². The Morgan fingerprint density at radius 3 is 2.79 bits per heavy atom. The fraction of sp³-hybridized carbons (Fsp3) is 0.700. The molecular formula is C10H15N3S. The van der Waals surface area contributed by atoms with Crippen LogP contribution in [0.5, 0.6) is 0 Å². The lowest BCUT2D eigenvalue weighted by molar-refractivity contribution is 0.0786. The zero-order chi connectivity index (χ0) is 9.54. The van der Waals surface area contributed by atoms with Gasteiger partial charge in [-0.1, -0.05) is 0 Å². The first-order valence-electron chi connectivity index (χ1n) is 5.24. The number of nitrogens with zero attached hydrogens (tertiary/aromatic N) is 2. The van der Waals surface area contributed by atoms with Crippen molar-refractivity contribution in [2.24, 2.45) is 11.8 Å². The van der Waals surface area contributed by atoms with E-state index in [1.807, 2.05) is 6.20 Å². The zero-order valence-electron chi connectivity index (χ0n) is 8.15. The van der Waals surface area contributed by atoms with Gasteiger partial charge in [0.25, 0.3) is 0 Å². The standard InChI is InChI=1S/C10H15N3S/c11-10-12-3-9(14-10)6-13-4-8(5-13)7-1-2-7/h3,7-8H,1-2,4-6H2,(H2,11,12). The lowest BCUT2D eigenvalue weighted by atomic mass is 9.95. The van der Waals surface area contributed by atoms with E-state index >= 15 is 0 Å². The van der Waals surface area contributed by atoms with Gasteiger partial charge < -0.3 is 5.73 Å². The first-order valence-corrected chi connectivity index (χ1v) is 6.05. The number of likely N-dealkylation sites (tertiary alicyclic amines) is 1. The van der Waals surface area contributed by atoms with Crippen LogP contribution in [0.15, 0.2) is 6.20 Å². The normalized spacial score (nSPS) is 23.7. The second-order valence-corrected chi connectivity index (χ2v) is 5.60. The number of rotatable bonds is 3. The van der Waals surface area contributed by atoms with E-state index in [2.05, 4.69) is 9.88 Å². The molecule has 1 aliphatic heterocycles. The maximum absolute atomic E-state index is 5.59. The number of hydrogen-bond donors (Lipinski definition) is 1. The molecule has 3 nitrogen and oxygen atoms in total. The highest BCUT2D eigenvalue weighted by Gasteiger charge is 2.38. The Bertz CT molecular complexity index is 326. The minimum Gasteiger partial charge on any atom is -0.375 e. The SMILES string of the molecule is Nc1ncc(CN2CC(C3CC3)C2)s1. The van der Waals surface area contributed by atoms with Crippen molar-refractivity contribution in [2.45, 2.75) is 19.4 Å². The van der Waals surface area contributed by atoms with Gasteiger partial charge >= 0.3 is 0 Å². The van der Waals surface area contributed by atoms with Gasteiger partial charge in [0.1, 0.15) is 0 Å². The molecular weight excluding hydrogens is 194 g/mol. The van der Waals surface area contributed by atoms with Gasteiger partial charge in [-0.05, 0) is 24.7 Å². The highest BCUT2D eigenvalue weighted by atomic mass is 32.1. The Hall–Kier alpha value is -0.610. The molecule has 0 unspecified atom stereocenters. The molecule has 0 spiro atoms. The fourth-order valence-corrected chi connectivity index (χ4v) is 2.95. The van der Waals surface area contributed by atoms with Crippen LogP contribution in [0.25, 0.3) is 0 Å². The average Bonchev–Trinajstić information content (AvgIpc) is 2.83. The van der Waals surface area contributed by atoms with Crippen molar-refractivity contribution in [3.63, 3.8) is 0 Å². The number of nitrogens with two attached hydrogens (primary N) is 1. The Balaban J connectivity index is 1.50. The van der Waals surface area contributed by atoms with Gasteiger partial charge in [0.15, 0.2) is 5.13 Å². The Kier molecular flexibility index (Phi) is 1.99. The second kappa shape index (κ2) is 3.21. The molecule has 1 saturated heterocycles. The summed E-state index contributed by atoms with van der Waals surface area (Å²) in [6, 6.07) is 0. The summed E-state index contributed by atoms with van der Waals surface area (Å²) in [4.78, 5) is 7.86. The predicted molar refractivity (Wildman–Crippen MR) is 58.0 cm³/mol. The molecule has 0 bridgehead atoms. The van der Waals surface area contributed by atoms with Crippen LogP contribution in [-0.4, -0.2) is 23.0 Å². The molecule has 0 radical (unpaired) electrons. The molecule has 2 heterocycles. The van der Waals surface area contributed by atoms with Crippen LogP contribution in [0.2, 0.25) is 0 Å². The smallest absolute Gasteiger partial charge is 0.180 e. The maximum atomic E-state index is 5.59. The van der Waals surface area contributed by atoms with Crippen LogP contribution in [0.4, 0.5) is 5.13 Å². The highest BCUT2D eigenvalue weighted by molar-refractivity contribution is 7.15. The van der Waals surface area contributed by atoms with E-state index in [0.717, 1.165) is 18.4 Å². The Morgan fingerprint density at radius 2 is 2.21 bits per heavy atom. The first kappa shape index (κ1) is 8.68. The van der Waals surface area contributed by atoms with Crippen LogP contribution in [0.1, 0.15) is 17.7 Å². The van der Waals surface area contributed by atoms with Crippen LogP contribution in [-0.2, 0) is 6.54 Å². The van der Waals surface area contributed by atoms with E-state index in [0.29, 0.717) is 5.13 Å².